The summed E-state index contributed by atoms with van der Waals surface area (Å²) < 4.78 is 0. The minimum atomic E-state index is 0. The molecule has 0 atom stereocenters. The molecule has 0 aromatic carbocycles. The van der Waals surface area contributed by atoms with E-state index in [1.807, 2.05) is 0 Å². The SMILES string of the molecule is [C-]#C.[CH3-].[Y]. The Balaban J connectivity index is -0.00000000500. The molecule has 0 nitrogen and oxygen atoms in total. The van der Waals surface area contributed by atoms with Crippen LogP contribution in [0.15, 0.2) is 0 Å². The molecule has 0 amide bonds. The summed E-state index contributed by atoms with van der Waals surface area (Å²) in [5.74, 6) is 0. The van der Waals surface area contributed by atoms with Gasteiger partial charge in [0, 0.05) is 32.7 Å². The monoisotopic (exact) mass is 129 g/mol. The zero-order valence-corrected chi connectivity index (χ0v) is 5.49. The summed E-state index contributed by atoms with van der Waals surface area (Å²) in [6.07, 6.45) is 9.00. The number of terminal acetylenes is 1. The Morgan fingerprint density at radius 3 is 1.25 bits per heavy atom. The van der Waals surface area contributed by atoms with Crippen molar-refractivity contribution >= 4 is 0 Å². The molecule has 0 aromatic rings. The number of rotatable bonds is 0. The number of hydrogen-bond donors (Lipinski definition) is 0. The van der Waals surface area contributed by atoms with Crippen LogP contribution >= 0.6 is 0 Å². The maximum Gasteiger partial charge on any atom is 0 e. The van der Waals surface area contributed by atoms with Gasteiger partial charge in [-0.25, -0.2) is 0 Å². The van der Waals surface area contributed by atoms with E-state index in [4.69, 9.17) is 6.42 Å². The third-order valence-corrected chi connectivity index (χ3v) is 0. The largest absolute Gasteiger partial charge is 0.697 e. The third kappa shape index (κ3) is 16.7. The van der Waals surface area contributed by atoms with E-state index >= 15 is 0 Å². The molecule has 0 aliphatic heterocycles. The Kier molecular flexibility index (Phi) is 334. The van der Waals surface area contributed by atoms with Crippen molar-refractivity contribution in [3.63, 3.8) is 0 Å². The van der Waals surface area contributed by atoms with Gasteiger partial charge in [-0.1, -0.05) is 0 Å². The standard InChI is InChI=1S/C2H.CH3.Y/c1-2;;/h1H;1H3;/q2*-1;. The summed E-state index contributed by atoms with van der Waals surface area (Å²) in [5, 5.41) is 0. The van der Waals surface area contributed by atoms with E-state index in [2.05, 4.69) is 6.42 Å². The first kappa shape index (κ1) is 22.6. The molecular formula is C3H4Y-2. The van der Waals surface area contributed by atoms with E-state index < -0.39 is 0 Å². The fourth-order valence-electron chi connectivity index (χ4n) is 0. The van der Waals surface area contributed by atoms with E-state index in [1.54, 1.807) is 0 Å². The summed E-state index contributed by atoms with van der Waals surface area (Å²) in [6.45, 7) is 0. The first-order valence-electron chi connectivity index (χ1n) is 0.289. The molecule has 1 heteroatoms. The summed E-state index contributed by atoms with van der Waals surface area (Å²) in [6, 6.07) is 0. The molecular weight excluding hydrogens is 125 g/mol. The molecule has 0 spiro atoms. The topological polar surface area (TPSA) is 0 Å². The van der Waals surface area contributed by atoms with Crippen LogP contribution in [-0.2, 0) is 32.7 Å². The van der Waals surface area contributed by atoms with Crippen molar-refractivity contribution in [2.24, 2.45) is 0 Å². The third-order valence-electron chi connectivity index (χ3n) is 0. The van der Waals surface area contributed by atoms with Crippen LogP contribution in [0.1, 0.15) is 0 Å². The van der Waals surface area contributed by atoms with Crippen LogP contribution in [0.2, 0.25) is 0 Å². The molecule has 0 aliphatic rings. The molecule has 0 saturated heterocycles. The maximum atomic E-state index is 5.25. The second kappa shape index (κ2) is 59.0. The molecule has 0 aromatic heterocycles. The normalized spacial score (nSPS) is 0.500. The maximum absolute atomic E-state index is 5.25. The second-order valence-corrected chi connectivity index (χ2v) is 0. The van der Waals surface area contributed by atoms with Crippen molar-refractivity contribution in [2.45, 2.75) is 0 Å². The quantitative estimate of drug-likeness (QED) is 0.332. The van der Waals surface area contributed by atoms with Gasteiger partial charge in [0.15, 0.2) is 0 Å². The van der Waals surface area contributed by atoms with Crippen LogP contribution < -0.4 is 0 Å². The molecule has 0 aliphatic carbocycles. The van der Waals surface area contributed by atoms with Crippen LogP contribution in [0.5, 0.6) is 0 Å². The van der Waals surface area contributed by atoms with Crippen molar-refractivity contribution in [3.8, 4) is 6.42 Å². The molecule has 0 fully saturated rings. The van der Waals surface area contributed by atoms with Gasteiger partial charge in [-0.3, -0.25) is 0 Å². The van der Waals surface area contributed by atoms with Gasteiger partial charge in [0.25, 0.3) is 0 Å². The molecule has 21 valence electrons. The second-order valence-electron chi connectivity index (χ2n) is 0. The zero-order valence-electron chi connectivity index (χ0n) is 2.65. The van der Waals surface area contributed by atoms with E-state index in [0.29, 0.717) is 0 Å². The van der Waals surface area contributed by atoms with Gasteiger partial charge in [0.05, 0.1) is 0 Å². The Labute approximate surface area is 52.9 Å². The summed E-state index contributed by atoms with van der Waals surface area (Å²) in [4.78, 5) is 0. The van der Waals surface area contributed by atoms with Gasteiger partial charge >= 0.3 is 0 Å². The minimum Gasteiger partial charge on any atom is -0.697 e. The van der Waals surface area contributed by atoms with Crippen molar-refractivity contribution < 1.29 is 32.7 Å². The molecule has 0 bridgehead atoms. The summed E-state index contributed by atoms with van der Waals surface area (Å²) in [7, 11) is 0. The summed E-state index contributed by atoms with van der Waals surface area (Å²) in [5.41, 5.74) is 0. The predicted molar refractivity (Wildman–Crippen MR) is 14.6 cm³/mol. The van der Waals surface area contributed by atoms with Crippen LogP contribution in [0.3, 0.4) is 0 Å². The van der Waals surface area contributed by atoms with Crippen molar-refractivity contribution in [1.29, 1.82) is 0 Å². The Morgan fingerprint density at radius 2 is 1.25 bits per heavy atom. The number of hydrogen-bond acceptors (Lipinski definition) is 0. The molecule has 0 saturated carbocycles. The van der Waals surface area contributed by atoms with Gasteiger partial charge in [-0.05, 0) is 0 Å². The van der Waals surface area contributed by atoms with E-state index in [9.17, 15) is 0 Å². The average Bonchev–Trinajstić information content (AvgIpc) is 1.00. The first-order chi connectivity index (χ1) is 1.00. The van der Waals surface area contributed by atoms with Crippen molar-refractivity contribution in [1.82, 2.24) is 0 Å². The average molecular weight is 129 g/mol. The Bertz CT molecular complexity index is 8.00. The molecule has 0 unspecified atom stereocenters. The van der Waals surface area contributed by atoms with Crippen LogP contribution in [0.25, 0.3) is 0 Å². The molecule has 4 heavy (non-hydrogen) atoms. The van der Waals surface area contributed by atoms with Crippen LogP contribution in [0.4, 0.5) is 0 Å². The van der Waals surface area contributed by atoms with Gasteiger partial charge in [0.2, 0.25) is 0 Å². The van der Waals surface area contributed by atoms with Gasteiger partial charge < -0.3 is 20.3 Å². The molecule has 0 N–H and O–H groups in total. The Morgan fingerprint density at radius 1 is 1.25 bits per heavy atom. The van der Waals surface area contributed by atoms with Gasteiger partial charge in [-0.15, -0.1) is 0 Å². The molecule has 0 heterocycles. The van der Waals surface area contributed by atoms with Crippen LogP contribution in [-0.4, -0.2) is 0 Å². The fraction of sp³-hybridized carbons (Fsp3) is 0. The van der Waals surface area contributed by atoms with Crippen LogP contribution in [0, 0.1) is 20.3 Å². The van der Waals surface area contributed by atoms with Crippen molar-refractivity contribution in [2.75, 3.05) is 0 Å². The zero-order chi connectivity index (χ0) is 2.00. The Hall–Kier alpha value is 0.664. The minimum absolute atomic E-state index is 0. The van der Waals surface area contributed by atoms with Gasteiger partial charge in [0.1, 0.15) is 0 Å². The predicted octanol–water partition coefficient (Wildman–Crippen LogP) is 0.654. The smallest absolute Gasteiger partial charge is 0 e. The first-order valence-corrected chi connectivity index (χ1v) is 0.289. The summed E-state index contributed by atoms with van der Waals surface area (Å²) >= 11 is 0. The molecule has 1 radical (unpaired) electrons. The molecule has 0 rings (SSSR count). The van der Waals surface area contributed by atoms with Crippen molar-refractivity contribution in [3.05, 3.63) is 13.9 Å². The van der Waals surface area contributed by atoms with Gasteiger partial charge in [-0.2, -0.15) is 0 Å². The van der Waals surface area contributed by atoms with E-state index in [0.717, 1.165) is 0 Å². The van der Waals surface area contributed by atoms with E-state index in [1.165, 1.54) is 0 Å². The van der Waals surface area contributed by atoms with E-state index in [-0.39, 0.29) is 40.1 Å². The fourth-order valence-corrected chi connectivity index (χ4v) is 0.